The van der Waals surface area contributed by atoms with Gasteiger partial charge in [-0.25, -0.2) is 0 Å². The number of anilines is 6. The highest BCUT2D eigenvalue weighted by Crippen LogP contribution is 2.65. The number of hydrogen-bond donors (Lipinski definition) is 0. The first kappa shape index (κ1) is 38.4. The average Bonchev–Trinajstić information content (AvgIpc) is 4.01. The molecule has 1 unspecified atom stereocenters. The van der Waals surface area contributed by atoms with E-state index in [2.05, 4.69) is 275 Å². The lowest BCUT2D eigenvalue weighted by atomic mass is 9.70. The van der Waals surface area contributed by atoms with Gasteiger partial charge in [-0.2, -0.15) is 0 Å². The van der Waals surface area contributed by atoms with Crippen LogP contribution in [-0.4, -0.2) is 4.57 Å². The Bertz CT molecular complexity index is 3880. The Hall–Kier alpha value is -8.92. The largest absolute Gasteiger partial charge is 0.310 e. The monoisotopic (exact) mass is 865 g/mol. The normalized spacial score (nSPS) is 14.2. The summed E-state index contributed by atoms with van der Waals surface area (Å²) in [6, 6.07) is 96.1. The molecule has 0 radical (unpaired) electrons. The van der Waals surface area contributed by atoms with Crippen LogP contribution >= 0.6 is 0 Å². The molecule has 0 aliphatic heterocycles. The predicted octanol–water partition coefficient (Wildman–Crippen LogP) is 17.2. The van der Waals surface area contributed by atoms with Gasteiger partial charge in [0.25, 0.3) is 0 Å². The molecule has 2 aliphatic carbocycles. The standard InChI is InChI=1S/C65H43N3/c1-4-22-45(23-5-1)66(46-24-6-2-7-25-46)48-39-41-58-55(42-48)51-29-12-15-32-56(51)65(58)57-33-16-13-31-54(57)64-59(65)34-19-37-62(64)68(60-36-18-21-44-20-10-11-28-50(44)60)49-38-40-53-52-30-14-17-35-61(52)67(63(53)43-49)47-26-8-3-9-27-47/h1-43H. The molecule has 0 bridgehead atoms. The maximum Gasteiger partial charge on any atom is 0.0726 e. The van der Waals surface area contributed by atoms with Crippen molar-refractivity contribution in [2.75, 3.05) is 9.80 Å². The van der Waals surface area contributed by atoms with Gasteiger partial charge in [0.05, 0.1) is 27.8 Å². The van der Waals surface area contributed by atoms with E-state index in [-0.39, 0.29) is 0 Å². The molecule has 1 aromatic heterocycles. The van der Waals surface area contributed by atoms with Crippen molar-refractivity contribution < 1.29 is 0 Å². The lowest BCUT2D eigenvalue weighted by molar-refractivity contribution is 0.793. The van der Waals surface area contributed by atoms with Crippen molar-refractivity contribution >= 4 is 66.7 Å². The maximum absolute atomic E-state index is 2.53. The van der Waals surface area contributed by atoms with Crippen LogP contribution in [0.25, 0.3) is 60.5 Å². The smallest absolute Gasteiger partial charge is 0.0726 e. The highest BCUT2D eigenvalue weighted by Gasteiger charge is 2.52. The number of rotatable bonds is 7. The van der Waals surface area contributed by atoms with E-state index in [1.54, 1.807) is 0 Å². The molecular formula is C65H43N3. The van der Waals surface area contributed by atoms with Crippen molar-refractivity contribution in [3.8, 4) is 27.9 Å². The summed E-state index contributed by atoms with van der Waals surface area (Å²) in [4.78, 5) is 4.91. The van der Waals surface area contributed by atoms with Crippen molar-refractivity contribution in [2.24, 2.45) is 0 Å². The molecule has 11 aromatic carbocycles. The minimum atomic E-state index is -0.551. The van der Waals surface area contributed by atoms with Crippen LogP contribution in [0.2, 0.25) is 0 Å². The second kappa shape index (κ2) is 15.1. The highest BCUT2D eigenvalue weighted by molar-refractivity contribution is 6.12. The first-order valence-corrected chi connectivity index (χ1v) is 23.5. The number of aromatic nitrogens is 1. The van der Waals surface area contributed by atoms with Gasteiger partial charge in [0.2, 0.25) is 0 Å². The van der Waals surface area contributed by atoms with E-state index < -0.39 is 5.41 Å². The lowest BCUT2D eigenvalue weighted by Crippen LogP contribution is -2.26. The fourth-order valence-corrected chi connectivity index (χ4v) is 11.9. The number of nitrogens with zero attached hydrogens (tertiary/aromatic N) is 3. The topological polar surface area (TPSA) is 11.4 Å². The SMILES string of the molecule is c1ccc(N(c2ccccc2)c2ccc3c(c2)-c2ccccc2C32c3ccccc3-c3c(N(c4ccc5c6ccccc6n(-c6ccccc6)c5c4)c4cccc5ccccc45)cccc32)cc1. The Balaban J connectivity index is 1.04. The molecule has 318 valence electrons. The molecule has 3 heteroatoms. The van der Waals surface area contributed by atoms with E-state index in [0.717, 1.165) is 39.8 Å². The summed E-state index contributed by atoms with van der Waals surface area (Å²) in [5, 5.41) is 4.87. The lowest BCUT2D eigenvalue weighted by Gasteiger charge is -2.32. The molecule has 3 nitrogen and oxygen atoms in total. The van der Waals surface area contributed by atoms with Crippen LogP contribution in [0.5, 0.6) is 0 Å². The first-order chi connectivity index (χ1) is 33.8. The predicted molar refractivity (Wildman–Crippen MR) is 284 cm³/mol. The minimum absolute atomic E-state index is 0.551. The zero-order chi connectivity index (χ0) is 44.8. The van der Waals surface area contributed by atoms with Gasteiger partial charge in [0, 0.05) is 50.2 Å². The van der Waals surface area contributed by atoms with Gasteiger partial charge in [-0.3, -0.25) is 0 Å². The van der Waals surface area contributed by atoms with Gasteiger partial charge in [-0.1, -0.05) is 182 Å². The number of hydrogen-bond acceptors (Lipinski definition) is 2. The van der Waals surface area contributed by atoms with Gasteiger partial charge < -0.3 is 14.4 Å². The molecule has 1 heterocycles. The summed E-state index contributed by atoms with van der Waals surface area (Å²) in [5.74, 6) is 0. The third-order valence-corrected chi connectivity index (χ3v) is 14.5. The van der Waals surface area contributed by atoms with E-state index in [0.29, 0.717) is 0 Å². The van der Waals surface area contributed by atoms with E-state index >= 15 is 0 Å². The molecular weight excluding hydrogens is 823 g/mol. The molecule has 12 aromatic rings. The summed E-state index contributed by atoms with van der Waals surface area (Å²) < 4.78 is 2.42. The number of para-hydroxylation sites is 4. The average molecular weight is 866 g/mol. The van der Waals surface area contributed by atoms with Crippen molar-refractivity contribution in [2.45, 2.75) is 5.41 Å². The molecule has 0 saturated heterocycles. The Morgan fingerprint density at radius 1 is 0.294 bits per heavy atom. The second-order valence-corrected chi connectivity index (χ2v) is 18.0. The van der Waals surface area contributed by atoms with Gasteiger partial charge in [0.1, 0.15) is 0 Å². The third kappa shape index (κ3) is 5.47. The molecule has 0 fully saturated rings. The minimum Gasteiger partial charge on any atom is -0.310 e. The summed E-state index contributed by atoms with van der Waals surface area (Å²) >= 11 is 0. The van der Waals surface area contributed by atoms with Crippen molar-refractivity contribution in [3.05, 3.63) is 283 Å². The fourth-order valence-electron chi connectivity index (χ4n) is 11.9. The first-order valence-electron chi connectivity index (χ1n) is 23.5. The Morgan fingerprint density at radius 3 is 1.60 bits per heavy atom. The molecule has 1 spiro atoms. The zero-order valence-corrected chi connectivity index (χ0v) is 37.2. The van der Waals surface area contributed by atoms with Gasteiger partial charge in [-0.05, 0) is 123 Å². The molecule has 68 heavy (non-hydrogen) atoms. The van der Waals surface area contributed by atoms with E-state index in [9.17, 15) is 0 Å². The van der Waals surface area contributed by atoms with Crippen LogP contribution in [0.4, 0.5) is 34.1 Å². The molecule has 1 atom stereocenters. The number of benzene rings is 11. The Morgan fingerprint density at radius 2 is 0.824 bits per heavy atom. The highest BCUT2D eigenvalue weighted by atomic mass is 15.2. The van der Waals surface area contributed by atoms with Crippen LogP contribution in [0, 0.1) is 0 Å². The molecule has 14 rings (SSSR count). The molecule has 0 N–H and O–H groups in total. The van der Waals surface area contributed by atoms with Crippen molar-refractivity contribution in [3.63, 3.8) is 0 Å². The van der Waals surface area contributed by atoms with Crippen molar-refractivity contribution in [1.82, 2.24) is 4.57 Å². The van der Waals surface area contributed by atoms with Crippen LogP contribution in [0.15, 0.2) is 261 Å². The van der Waals surface area contributed by atoms with E-state index in [4.69, 9.17) is 0 Å². The Kier molecular flexibility index (Phi) is 8.50. The van der Waals surface area contributed by atoms with Crippen LogP contribution in [0.1, 0.15) is 22.3 Å². The quantitative estimate of drug-likeness (QED) is 0.158. The summed E-state index contributed by atoms with van der Waals surface area (Å²) in [7, 11) is 0. The van der Waals surface area contributed by atoms with Crippen LogP contribution in [0.3, 0.4) is 0 Å². The van der Waals surface area contributed by atoms with E-state index in [1.165, 1.54) is 77.1 Å². The van der Waals surface area contributed by atoms with Gasteiger partial charge in [0.15, 0.2) is 0 Å². The summed E-state index contributed by atoms with van der Waals surface area (Å²) in [6.07, 6.45) is 0. The Labute approximate surface area is 395 Å². The molecule has 0 amide bonds. The van der Waals surface area contributed by atoms with E-state index in [1.807, 2.05) is 0 Å². The van der Waals surface area contributed by atoms with Crippen LogP contribution in [-0.2, 0) is 5.41 Å². The third-order valence-electron chi connectivity index (χ3n) is 14.5. The fraction of sp³-hybridized carbons (Fsp3) is 0.0154. The summed E-state index contributed by atoms with van der Waals surface area (Å²) in [5.41, 5.74) is 19.9. The van der Waals surface area contributed by atoms with Gasteiger partial charge >= 0.3 is 0 Å². The molecule has 2 aliphatic rings. The zero-order valence-electron chi connectivity index (χ0n) is 37.2. The number of fused-ring (bicyclic) bond motifs is 14. The maximum atomic E-state index is 2.53. The molecule has 0 saturated carbocycles. The summed E-state index contributed by atoms with van der Waals surface area (Å²) in [6.45, 7) is 0. The van der Waals surface area contributed by atoms with Crippen molar-refractivity contribution in [1.29, 1.82) is 0 Å². The second-order valence-electron chi connectivity index (χ2n) is 18.0. The van der Waals surface area contributed by atoms with Crippen LogP contribution < -0.4 is 9.80 Å². The van der Waals surface area contributed by atoms with Gasteiger partial charge in [-0.15, -0.1) is 0 Å².